The standard InChI is InChI=1S/C23H23N3O5/c27-18-10-23(13-24-14-23)26(22(31)20(18)21(30)25-11-19(28)29)12-15-6-8-17(9-7-15)16-4-2-1-3-5-16/h1-9,24,27H,10-14H2,(H,25,30)(H,28,29). The molecule has 2 aromatic carbocycles. The predicted molar refractivity (Wildman–Crippen MR) is 113 cm³/mol. The van der Waals surface area contributed by atoms with Crippen LogP contribution in [0.25, 0.3) is 11.1 Å². The summed E-state index contributed by atoms with van der Waals surface area (Å²) in [5.41, 5.74) is 2.05. The van der Waals surface area contributed by atoms with Crippen LogP contribution in [0, 0.1) is 0 Å². The number of aliphatic carboxylic acids is 1. The summed E-state index contributed by atoms with van der Waals surface area (Å²) in [6, 6.07) is 17.8. The lowest BCUT2D eigenvalue weighted by atomic mass is 9.80. The molecule has 1 fully saturated rings. The molecule has 2 aromatic rings. The molecule has 0 saturated carbocycles. The van der Waals surface area contributed by atoms with Crippen molar-refractivity contribution in [3.63, 3.8) is 0 Å². The topological polar surface area (TPSA) is 119 Å². The second kappa shape index (κ2) is 8.23. The summed E-state index contributed by atoms with van der Waals surface area (Å²) in [7, 11) is 0. The molecule has 8 nitrogen and oxygen atoms in total. The van der Waals surface area contributed by atoms with E-state index in [0.29, 0.717) is 13.1 Å². The van der Waals surface area contributed by atoms with Crippen molar-refractivity contribution in [2.45, 2.75) is 18.5 Å². The maximum Gasteiger partial charge on any atom is 0.322 e. The molecule has 0 bridgehead atoms. The molecule has 8 heteroatoms. The number of hydrogen-bond acceptors (Lipinski definition) is 5. The first-order valence-electron chi connectivity index (χ1n) is 9.99. The van der Waals surface area contributed by atoms with Crippen molar-refractivity contribution in [1.82, 2.24) is 15.5 Å². The predicted octanol–water partition coefficient (Wildman–Crippen LogP) is 1.44. The third-order valence-corrected chi connectivity index (χ3v) is 5.75. The molecule has 0 radical (unpaired) electrons. The number of carboxylic acid groups (broad SMARTS) is 1. The van der Waals surface area contributed by atoms with Gasteiger partial charge in [-0.1, -0.05) is 54.6 Å². The zero-order chi connectivity index (χ0) is 22.0. The van der Waals surface area contributed by atoms with Gasteiger partial charge >= 0.3 is 5.97 Å². The Balaban J connectivity index is 1.57. The molecule has 0 aromatic heterocycles. The largest absolute Gasteiger partial charge is 0.511 e. The van der Waals surface area contributed by atoms with Crippen LogP contribution in [0.1, 0.15) is 12.0 Å². The van der Waals surface area contributed by atoms with Crippen LogP contribution in [-0.4, -0.2) is 58.1 Å². The van der Waals surface area contributed by atoms with Crippen molar-refractivity contribution in [2.24, 2.45) is 0 Å². The Kier molecular flexibility index (Phi) is 5.48. The lowest BCUT2D eigenvalue weighted by Crippen LogP contribution is -2.71. The Morgan fingerprint density at radius 2 is 1.68 bits per heavy atom. The minimum absolute atomic E-state index is 0.143. The van der Waals surface area contributed by atoms with Crippen molar-refractivity contribution < 1.29 is 24.6 Å². The van der Waals surface area contributed by atoms with Crippen LogP contribution in [0.4, 0.5) is 0 Å². The van der Waals surface area contributed by atoms with Gasteiger partial charge in [-0.15, -0.1) is 0 Å². The van der Waals surface area contributed by atoms with E-state index < -0.39 is 29.9 Å². The first-order valence-corrected chi connectivity index (χ1v) is 9.99. The van der Waals surface area contributed by atoms with Gasteiger partial charge in [-0.2, -0.15) is 0 Å². The molecule has 0 atom stereocenters. The van der Waals surface area contributed by atoms with E-state index in [4.69, 9.17) is 5.11 Å². The number of hydrogen-bond donors (Lipinski definition) is 4. The maximum atomic E-state index is 13.2. The van der Waals surface area contributed by atoms with Crippen LogP contribution in [0.15, 0.2) is 65.9 Å². The third kappa shape index (κ3) is 4.02. The van der Waals surface area contributed by atoms with Gasteiger partial charge in [-0.05, 0) is 16.7 Å². The quantitative estimate of drug-likeness (QED) is 0.524. The molecule has 2 heterocycles. The van der Waals surface area contributed by atoms with E-state index in [9.17, 15) is 19.5 Å². The maximum absolute atomic E-state index is 13.2. The van der Waals surface area contributed by atoms with Gasteiger partial charge in [0.15, 0.2) is 0 Å². The highest BCUT2D eigenvalue weighted by Gasteiger charge is 2.51. The number of nitrogens with zero attached hydrogens (tertiary/aromatic N) is 1. The number of nitrogens with one attached hydrogen (secondary N) is 2. The van der Waals surface area contributed by atoms with Crippen molar-refractivity contribution in [2.75, 3.05) is 19.6 Å². The van der Waals surface area contributed by atoms with E-state index in [0.717, 1.165) is 16.7 Å². The number of benzene rings is 2. The molecule has 31 heavy (non-hydrogen) atoms. The zero-order valence-electron chi connectivity index (χ0n) is 16.8. The Hall–Kier alpha value is -3.65. The Bertz CT molecular complexity index is 1040. The monoisotopic (exact) mass is 421 g/mol. The van der Waals surface area contributed by atoms with Crippen molar-refractivity contribution in [1.29, 1.82) is 0 Å². The summed E-state index contributed by atoms with van der Waals surface area (Å²) in [5, 5.41) is 24.5. The first-order chi connectivity index (χ1) is 14.9. The van der Waals surface area contributed by atoms with E-state index in [-0.39, 0.29) is 24.3 Å². The lowest BCUT2D eigenvalue weighted by Gasteiger charge is -2.52. The van der Waals surface area contributed by atoms with Gasteiger partial charge < -0.3 is 25.7 Å². The lowest BCUT2D eigenvalue weighted by molar-refractivity contribution is -0.143. The van der Waals surface area contributed by atoms with Crippen LogP contribution >= 0.6 is 0 Å². The van der Waals surface area contributed by atoms with E-state index >= 15 is 0 Å². The Morgan fingerprint density at radius 3 is 2.26 bits per heavy atom. The van der Waals surface area contributed by atoms with E-state index in [1.54, 1.807) is 4.90 Å². The summed E-state index contributed by atoms with van der Waals surface area (Å²) in [6.07, 6.45) is 0.143. The SMILES string of the molecule is O=C(O)CNC(=O)C1=C(O)CC2(CNC2)N(Cc2ccc(-c3ccccc3)cc2)C1=O. The van der Waals surface area contributed by atoms with Gasteiger partial charge in [0, 0.05) is 26.1 Å². The highest BCUT2D eigenvalue weighted by molar-refractivity contribution is 6.19. The summed E-state index contributed by atoms with van der Waals surface area (Å²) in [4.78, 5) is 37.9. The van der Waals surface area contributed by atoms with E-state index in [1.165, 1.54) is 0 Å². The van der Waals surface area contributed by atoms with Crippen molar-refractivity contribution in [3.8, 4) is 11.1 Å². The molecule has 2 aliphatic heterocycles. The van der Waals surface area contributed by atoms with Crippen LogP contribution in [0.2, 0.25) is 0 Å². The number of amides is 2. The van der Waals surface area contributed by atoms with Gasteiger partial charge in [0.25, 0.3) is 11.8 Å². The van der Waals surface area contributed by atoms with E-state index in [2.05, 4.69) is 10.6 Å². The molecule has 160 valence electrons. The number of aliphatic hydroxyl groups excluding tert-OH is 1. The smallest absolute Gasteiger partial charge is 0.322 e. The van der Waals surface area contributed by atoms with Crippen LogP contribution < -0.4 is 10.6 Å². The van der Waals surface area contributed by atoms with Gasteiger partial charge in [0.1, 0.15) is 17.9 Å². The molecule has 0 aliphatic carbocycles. The Labute approximate surface area is 179 Å². The first kappa shape index (κ1) is 20.6. The summed E-state index contributed by atoms with van der Waals surface area (Å²) in [6.45, 7) is 0.666. The van der Waals surface area contributed by atoms with Crippen LogP contribution in [-0.2, 0) is 20.9 Å². The molecule has 4 rings (SSSR count). The number of carboxylic acids is 1. The minimum Gasteiger partial charge on any atom is -0.511 e. The number of carbonyl (C=O) groups excluding carboxylic acids is 2. The number of aliphatic hydroxyl groups is 1. The fraction of sp³-hybridized carbons (Fsp3) is 0.261. The molecule has 2 amide bonds. The highest BCUT2D eigenvalue weighted by Crippen LogP contribution is 2.36. The average Bonchev–Trinajstić information content (AvgIpc) is 2.74. The Morgan fingerprint density at radius 1 is 1.03 bits per heavy atom. The van der Waals surface area contributed by atoms with Gasteiger partial charge in [0.05, 0.1) is 5.54 Å². The fourth-order valence-electron chi connectivity index (χ4n) is 4.03. The fourth-order valence-corrected chi connectivity index (χ4v) is 4.03. The number of rotatable bonds is 6. The summed E-state index contributed by atoms with van der Waals surface area (Å²) < 4.78 is 0. The molecular weight excluding hydrogens is 398 g/mol. The normalized spacial score (nSPS) is 17.4. The summed E-state index contributed by atoms with van der Waals surface area (Å²) >= 11 is 0. The van der Waals surface area contributed by atoms with Gasteiger partial charge in [-0.3, -0.25) is 14.4 Å². The zero-order valence-corrected chi connectivity index (χ0v) is 16.8. The van der Waals surface area contributed by atoms with Gasteiger partial charge in [0.2, 0.25) is 0 Å². The molecule has 2 aliphatic rings. The highest BCUT2D eigenvalue weighted by atomic mass is 16.4. The van der Waals surface area contributed by atoms with Gasteiger partial charge in [-0.25, -0.2) is 0 Å². The van der Waals surface area contributed by atoms with Crippen molar-refractivity contribution >= 4 is 17.8 Å². The van der Waals surface area contributed by atoms with Crippen LogP contribution in [0.3, 0.4) is 0 Å². The molecule has 0 unspecified atom stereocenters. The van der Waals surface area contributed by atoms with Crippen molar-refractivity contribution in [3.05, 3.63) is 71.5 Å². The van der Waals surface area contributed by atoms with E-state index in [1.807, 2.05) is 54.6 Å². The van der Waals surface area contributed by atoms with Crippen LogP contribution in [0.5, 0.6) is 0 Å². The molecule has 4 N–H and O–H groups in total. The molecule has 1 spiro atoms. The average molecular weight is 421 g/mol. The second-order valence-corrected chi connectivity index (χ2v) is 7.86. The second-order valence-electron chi connectivity index (χ2n) is 7.86. The minimum atomic E-state index is -1.23. The molecule has 1 saturated heterocycles. The number of carbonyl (C=O) groups is 3. The molecular formula is C23H23N3O5. The third-order valence-electron chi connectivity index (χ3n) is 5.75. The summed E-state index contributed by atoms with van der Waals surface area (Å²) in [5.74, 6) is -3.01.